The van der Waals surface area contributed by atoms with Gasteiger partial charge < -0.3 is 20.9 Å². The summed E-state index contributed by atoms with van der Waals surface area (Å²) in [5.41, 5.74) is 7.46. The molecule has 168 valence electrons. The molecule has 1 saturated heterocycles. The van der Waals surface area contributed by atoms with E-state index >= 15 is 0 Å². The van der Waals surface area contributed by atoms with Crippen LogP contribution < -0.4 is 11.1 Å². The number of benzene rings is 1. The third kappa shape index (κ3) is 4.17. The second-order valence-corrected chi connectivity index (χ2v) is 9.13. The summed E-state index contributed by atoms with van der Waals surface area (Å²) in [6, 6.07) is 10.6. The molecule has 3 N–H and O–H groups in total. The van der Waals surface area contributed by atoms with Crippen LogP contribution in [0.4, 0.5) is 11.5 Å². The maximum absolute atomic E-state index is 13.2. The molecule has 32 heavy (non-hydrogen) atoms. The van der Waals surface area contributed by atoms with E-state index in [1.54, 1.807) is 17.9 Å². The van der Waals surface area contributed by atoms with Crippen LogP contribution in [-0.2, 0) is 14.4 Å². The molecule has 4 rings (SSSR count). The van der Waals surface area contributed by atoms with Crippen LogP contribution in [0.5, 0.6) is 0 Å². The van der Waals surface area contributed by atoms with Gasteiger partial charge in [0.2, 0.25) is 5.91 Å². The van der Waals surface area contributed by atoms with Gasteiger partial charge in [0.1, 0.15) is 5.82 Å². The van der Waals surface area contributed by atoms with Crippen molar-refractivity contribution in [3.8, 4) is 0 Å². The van der Waals surface area contributed by atoms with E-state index in [9.17, 15) is 14.4 Å². The van der Waals surface area contributed by atoms with Gasteiger partial charge >= 0.3 is 11.8 Å². The average molecular weight is 436 g/mol. The molecule has 2 fully saturated rings. The lowest BCUT2D eigenvalue weighted by molar-refractivity contribution is -0.153. The maximum Gasteiger partial charge on any atom is 0.313 e. The fourth-order valence-electron chi connectivity index (χ4n) is 4.16. The first-order valence-corrected chi connectivity index (χ1v) is 10.9. The van der Waals surface area contributed by atoms with Gasteiger partial charge in [0.15, 0.2) is 0 Å². The fourth-order valence-corrected chi connectivity index (χ4v) is 4.16. The number of amides is 3. The smallest absolute Gasteiger partial charge is 0.313 e. The van der Waals surface area contributed by atoms with Crippen LogP contribution in [0, 0.1) is 12.3 Å². The number of pyridine rings is 1. The van der Waals surface area contributed by atoms with Gasteiger partial charge in [-0.05, 0) is 43.9 Å². The Balaban J connectivity index is 1.57. The third-order valence-corrected chi connectivity index (χ3v) is 6.53. The van der Waals surface area contributed by atoms with Crippen molar-refractivity contribution < 1.29 is 14.4 Å². The minimum Gasteiger partial charge on any atom is -0.383 e. The van der Waals surface area contributed by atoms with Gasteiger partial charge in [-0.1, -0.05) is 37.3 Å². The van der Waals surface area contributed by atoms with Crippen LogP contribution in [-0.4, -0.2) is 51.6 Å². The molecule has 2 atom stereocenters. The molecule has 1 aliphatic carbocycles. The van der Waals surface area contributed by atoms with E-state index in [0.717, 1.165) is 18.4 Å². The molecule has 2 heterocycles. The number of carbonyl (C=O) groups excluding carboxylic acids is 3. The Kier molecular flexibility index (Phi) is 5.62. The van der Waals surface area contributed by atoms with Crippen molar-refractivity contribution in [2.75, 3.05) is 24.1 Å². The molecule has 2 aliphatic rings. The summed E-state index contributed by atoms with van der Waals surface area (Å²) in [7, 11) is 0. The van der Waals surface area contributed by atoms with E-state index in [1.165, 1.54) is 6.20 Å². The van der Waals surface area contributed by atoms with E-state index in [2.05, 4.69) is 10.3 Å². The van der Waals surface area contributed by atoms with Crippen LogP contribution in [0.1, 0.15) is 43.9 Å². The highest BCUT2D eigenvalue weighted by molar-refractivity contribution is 6.39. The second kappa shape index (κ2) is 8.26. The summed E-state index contributed by atoms with van der Waals surface area (Å²) >= 11 is 0. The Morgan fingerprint density at radius 1 is 1.12 bits per heavy atom. The fraction of sp³-hybridized carbons (Fsp3) is 0.417. The lowest BCUT2D eigenvalue weighted by atomic mass is 9.97. The van der Waals surface area contributed by atoms with Gasteiger partial charge in [0, 0.05) is 24.5 Å². The highest BCUT2D eigenvalue weighted by atomic mass is 16.2. The summed E-state index contributed by atoms with van der Waals surface area (Å²) in [5.74, 6) is -0.869. The van der Waals surface area contributed by atoms with E-state index in [0.29, 0.717) is 23.6 Å². The largest absolute Gasteiger partial charge is 0.383 e. The number of hydrogen-bond donors (Lipinski definition) is 2. The molecule has 1 aromatic carbocycles. The predicted molar refractivity (Wildman–Crippen MR) is 121 cm³/mol. The van der Waals surface area contributed by atoms with Crippen molar-refractivity contribution in [1.82, 2.24) is 14.8 Å². The Morgan fingerprint density at radius 2 is 1.81 bits per heavy atom. The summed E-state index contributed by atoms with van der Waals surface area (Å²) in [6.45, 7) is 6.35. The van der Waals surface area contributed by atoms with Gasteiger partial charge in [-0.25, -0.2) is 4.98 Å². The zero-order valence-electron chi connectivity index (χ0n) is 18.7. The average Bonchev–Trinajstić information content (AvgIpc) is 3.54. The monoisotopic (exact) mass is 435 g/mol. The number of nitrogens with zero attached hydrogens (tertiary/aromatic N) is 3. The van der Waals surface area contributed by atoms with Crippen molar-refractivity contribution in [2.24, 2.45) is 5.41 Å². The molecule has 1 saturated carbocycles. The van der Waals surface area contributed by atoms with Crippen LogP contribution in [0.3, 0.4) is 0 Å². The van der Waals surface area contributed by atoms with Crippen LogP contribution in [0.2, 0.25) is 0 Å². The minimum atomic E-state index is -0.738. The molecule has 1 aliphatic heterocycles. The summed E-state index contributed by atoms with van der Waals surface area (Å²) < 4.78 is 0. The van der Waals surface area contributed by atoms with E-state index in [1.807, 2.05) is 49.1 Å². The standard InChI is InChI=1S/C24H29N5O3/c1-15-11-18(12-26-20(15)25)27-21(30)22(31)29-13-16(2)28(23(32)24(3)9-10-24)14-19(29)17-7-5-4-6-8-17/h4-8,11-12,16,19H,9-10,13-14H2,1-3H3,(H2,25,26)(H,27,30)/t16-,19-/m1/s1. The van der Waals surface area contributed by atoms with Crippen molar-refractivity contribution >= 4 is 29.2 Å². The van der Waals surface area contributed by atoms with Crippen molar-refractivity contribution in [2.45, 2.75) is 45.7 Å². The number of aryl methyl sites for hydroxylation is 1. The lowest BCUT2D eigenvalue weighted by Crippen LogP contribution is -2.59. The Labute approximate surface area is 187 Å². The van der Waals surface area contributed by atoms with Gasteiger partial charge in [0.25, 0.3) is 0 Å². The zero-order valence-corrected chi connectivity index (χ0v) is 18.7. The second-order valence-electron chi connectivity index (χ2n) is 9.13. The molecule has 0 radical (unpaired) electrons. The molecule has 0 spiro atoms. The van der Waals surface area contributed by atoms with Crippen LogP contribution in [0.15, 0.2) is 42.6 Å². The number of nitrogens with one attached hydrogen (secondary N) is 1. The maximum atomic E-state index is 13.2. The van der Waals surface area contributed by atoms with Gasteiger partial charge in [-0.15, -0.1) is 0 Å². The molecule has 0 bridgehead atoms. The van der Waals surface area contributed by atoms with Gasteiger partial charge in [-0.2, -0.15) is 0 Å². The van der Waals surface area contributed by atoms with Gasteiger partial charge in [0.05, 0.1) is 17.9 Å². The van der Waals surface area contributed by atoms with Gasteiger partial charge in [-0.3, -0.25) is 14.4 Å². The number of hydrogen-bond acceptors (Lipinski definition) is 5. The molecule has 3 amide bonds. The number of carbonyl (C=O) groups is 3. The summed E-state index contributed by atoms with van der Waals surface area (Å²) in [5, 5.41) is 2.63. The van der Waals surface area contributed by atoms with E-state index < -0.39 is 17.9 Å². The molecule has 8 nitrogen and oxygen atoms in total. The van der Waals surface area contributed by atoms with Crippen LogP contribution in [0.25, 0.3) is 0 Å². The Bertz CT molecular complexity index is 1050. The number of piperazine rings is 1. The van der Waals surface area contributed by atoms with Crippen molar-refractivity contribution in [3.05, 3.63) is 53.7 Å². The molecular weight excluding hydrogens is 406 g/mol. The SMILES string of the molecule is Cc1cc(NC(=O)C(=O)N2C[C@@H](C)N(C(=O)C3(C)CC3)C[C@@H]2c2ccccc2)cnc1N. The van der Waals surface area contributed by atoms with E-state index in [-0.39, 0.29) is 23.9 Å². The topological polar surface area (TPSA) is 109 Å². The number of rotatable bonds is 3. The normalized spacial score (nSPS) is 21.7. The first-order valence-electron chi connectivity index (χ1n) is 10.9. The summed E-state index contributed by atoms with van der Waals surface area (Å²) in [6.07, 6.45) is 3.22. The highest BCUT2D eigenvalue weighted by Gasteiger charge is 2.50. The highest BCUT2D eigenvalue weighted by Crippen LogP contribution is 2.47. The Hall–Kier alpha value is -3.42. The summed E-state index contributed by atoms with van der Waals surface area (Å²) in [4.78, 5) is 46.7. The zero-order chi connectivity index (χ0) is 23.0. The molecule has 0 unspecified atom stereocenters. The predicted octanol–water partition coefficient (Wildman–Crippen LogP) is 2.51. The number of nitrogen functional groups attached to an aromatic ring is 1. The minimum absolute atomic E-state index is 0.130. The first-order chi connectivity index (χ1) is 15.2. The number of nitrogens with two attached hydrogens (primary N) is 1. The Morgan fingerprint density at radius 3 is 2.44 bits per heavy atom. The van der Waals surface area contributed by atoms with Crippen molar-refractivity contribution in [3.63, 3.8) is 0 Å². The number of anilines is 2. The van der Waals surface area contributed by atoms with E-state index in [4.69, 9.17) is 5.73 Å². The van der Waals surface area contributed by atoms with Crippen LogP contribution >= 0.6 is 0 Å². The number of aromatic nitrogens is 1. The molecule has 1 aromatic heterocycles. The molecule has 8 heteroatoms. The quantitative estimate of drug-likeness (QED) is 0.720. The first kappa shape index (κ1) is 21.8. The molecule has 2 aromatic rings. The lowest BCUT2D eigenvalue weighted by Gasteiger charge is -2.46. The third-order valence-electron chi connectivity index (χ3n) is 6.53. The van der Waals surface area contributed by atoms with Crippen molar-refractivity contribution in [1.29, 1.82) is 0 Å². The molecular formula is C24H29N5O3.